The number of aromatic nitrogens is 3. The van der Waals surface area contributed by atoms with Crippen molar-refractivity contribution < 1.29 is 9.59 Å². The molecule has 3 aromatic rings. The first-order valence-electron chi connectivity index (χ1n) is 7.35. The minimum absolute atomic E-state index is 0.219. The molecule has 0 aliphatic carbocycles. The van der Waals surface area contributed by atoms with E-state index in [0.717, 1.165) is 5.01 Å². The molecule has 2 N–H and O–H groups in total. The Morgan fingerprint density at radius 1 is 1.32 bits per heavy atom. The highest BCUT2D eigenvalue weighted by Crippen LogP contribution is 2.27. The van der Waals surface area contributed by atoms with Crippen molar-refractivity contribution in [3.8, 4) is 10.7 Å². The molecule has 0 radical (unpaired) electrons. The number of aromatic amines is 1. The molecule has 0 aliphatic heterocycles. The topological polar surface area (TPSA) is 91.0 Å². The first kappa shape index (κ1) is 16.6. The van der Waals surface area contributed by atoms with Crippen LogP contribution in [-0.2, 0) is 4.79 Å². The minimum atomic E-state index is -0.275. The summed E-state index contributed by atoms with van der Waals surface area (Å²) >= 11 is 1.45. The molecule has 2 aromatic heterocycles. The van der Waals surface area contributed by atoms with Gasteiger partial charge in [0.25, 0.3) is 5.91 Å². The van der Waals surface area contributed by atoms with E-state index in [1.807, 2.05) is 5.38 Å². The van der Waals surface area contributed by atoms with Crippen molar-refractivity contribution in [3.63, 3.8) is 0 Å². The molecule has 0 aliphatic rings. The standard InChI is InChI=1S/C17H15N5O2S/c1-3-14(23)22(2)12-6-4-11(5-7-12)16(24)20-13-10-19-21-15(13)17-18-8-9-25-17/h3-10H,1H2,2H3,(H,19,21)(H,20,24). The van der Waals surface area contributed by atoms with Crippen LogP contribution in [0.4, 0.5) is 11.4 Å². The molecule has 0 fully saturated rings. The van der Waals surface area contributed by atoms with E-state index in [-0.39, 0.29) is 11.8 Å². The summed E-state index contributed by atoms with van der Waals surface area (Å²) in [5.41, 5.74) is 2.36. The highest BCUT2D eigenvalue weighted by molar-refractivity contribution is 7.13. The van der Waals surface area contributed by atoms with Crippen molar-refractivity contribution in [3.05, 3.63) is 60.3 Å². The van der Waals surface area contributed by atoms with E-state index in [1.165, 1.54) is 22.3 Å². The molecule has 7 nitrogen and oxygen atoms in total. The van der Waals surface area contributed by atoms with Gasteiger partial charge in [0.05, 0.1) is 11.9 Å². The van der Waals surface area contributed by atoms with Crippen LogP contribution >= 0.6 is 11.3 Å². The Kier molecular flexibility index (Phi) is 4.71. The normalized spacial score (nSPS) is 10.3. The lowest BCUT2D eigenvalue weighted by molar-refractivity contribution is -0.113. The van der Waals surface area contributed by atoms with Gasteiger partial charge < -0.3 is 10.2 Å². The number of hydrogen-bond acceptors (Lipinski definition) is 5. The number of H-pyrrole nitrogens is 1. The van der Waals surface area contributed by atoms with Gasteiger partial charge in [0.1, 0.15) is 10.7 Å². The third kappa shape index (κ3) is 3.48. The highest BCUT2D eigenvalue weighted by atomic mass is 32.1. The maximum absolute atomic E-state index is 12.4. The fourth-order valence-corrected chi connectivity index (χ4v) is 2.83. The summed E-state index contributed by atoms with van der Waals surface area (Å²) in [6.07, 6.45) is 4.46. The van der Waals surface area contributed by atoms with Crippen LogP contribution in [0.3, 0.4) is 0 Å². The van der Waals surface area contributed by atoms with E-state index in [0.29, 0.717) is 22.6 Å². The lowest BCUT2D eigenvalue weighted by Crippen LogP contribution is -2.23. The van der Waals surface area contributed by atoms with Crippen molar-refractivity contribution in [1.82, 2.24) is 15.2 Å². The number of nitrogens with zero attached hydrogens (tertiary/aromatic N) is 3. The van der Waals surface area contributed by atoms with Gasteiger partial charge in [-0.1, -0.05) is 6.58 Å². The maximum Gasteiger partial charge on any atom is 0.255 e. The van der Waals surface area contributed by atoms with Crippen LogP contribution < -0.4 is 10.2 Å². The molecule has 0 unspecified atom stereocenters. The second-order valence-electron chi connectivity index (χ2n) is 5.10. The van der Waals surface area contributed by atoms with Crippen molar-refractivity contribution in [1.29, 1.82) is 0 Å². The minimum Gasteiger partial charge on any atom is -0.319 e. The van der Waals surface area contributed by atoms with Crippen LogP contribution in [0, 0.1) is 0 Å². The molecule has 3 rings (SSSR count). The SMILES string of the molecule is C=CC(=O)N(C)c1ccc(C(=O)Nc2cn[nH]c2-c2nccs2)cc1. The lowest BCUT2D eigenvalue weighted by Gasteiger charge is -2.15. The number of rotatable bonds is 5. The monoisotopic (exact) mass is 353 g/mol. The predicted molar refractivity (Wildman–Crippen MR) is 97.7 cm³/mol. The van der Waals surface area contributed by atoms with Crippen LogP contribution in [0.1, 0.15) is 10.4 Å². The number of thiazole rings is 1. The summed E-state index contributed by atoms with van der Waals surface area (Å²) in [5.74, 6) is -0.493. The summed E-state index contributed by atoms with van der Waals surface area (Å²) in [6, 6.07) is 6.71. The Morgan fingerprint density at radius 2 is 2.08 bits per heavy atom. The lowest BCUT2D eigenvalue weighted by atomic mass is 10.1. The molecule has 0 spiro atoms. The molecule has 2 heterocycles. The quantitative estimate of drug-likeness (QED) is 0.690. The summed E-state index contributed by atoms with van der Waals surface area (Å²) < 4.78 is 0. The summed E-state index contributed by atoms with van der Waals surface area (Å²) in [6.45, 7) is 3.46. The first-order chi connectivity index (χ1) is 12.1. The summed E-state index contributed by atoms with van der Waals surface area (Å²) in [4.78, 5) is 29.7. The van der Waals surface area contributed by atoms with Gasteiger partial charge in [-0.05, 0) is 30.3 Å². The van der Waals surface area contributed by atoms with Crippen molar-refractivity contribution >= 4 is 34.5 Å². The largest absolute Gasteiger partial charge is 0.319 e. The molecule has 8 heteroatoms. The maximum atomic E-state index is 12.4. The number of benzene rings is 1. The Balaban J connectivity index is 1.75. The Bertz CT molecular complexity index is 900. The van der Waals surface area contributed by atoms with Crippen LogP contribution in [0.5, 0.6) is 0 Å². The van der Waals surface area contributed by atoms with Gasteiger partial charge in [0, 0.05) is 29.9 Å². The number of likely N-dealkylation sites (N-methyl/N-ethyl adjacent to an activating group) is 1. The van der Waals surface area contributed by atoms with E-state index in [9.17, 15) is 9.59 Å². The first-order valence-corrected chi connectivity index (χ1v) is 8.23. The van der Waals surface area contributed by atoms with Crippen LogP contribution in [0.2, 0.25) is 0 Å². The fourth-order valence-electron chi connectivity index (χ4n) is 2.19. The van der Waals surface area contributed by atoms with Gasteiger partial charge in [-0.2, -0.15) is 5.10 Å². The second kappa shape index (κ2) is 7.10. The molecule has 2 amide bonds. The summed E-state index contributed by atoms with van der Waals surface area (Å²) in [7, 11) is 1.64. The average Bonchev–Trinajstić information content (AvgIpc) is 3.31. The van der Waals surface area contributed by atoms with Crippen molar-refractivity contribution in [2.75, 3.05) is 17.3 Å². The Labute approximate surface area is 148 Å². The molecular weight excluding hydrogens is 338 g/mol. The summed E-state index contributed by atoms with van der Waals surface area (Å²) in [5, 5.41) is 12.2. The number of hydrogen-bond donors (Lipinski definition) is 2. The third-order valence-electron chi connectivity index (χ3n) is 3.56. The van der Waals surface area contributed by atoms with Gasteiger partial charge in [-0.3, -0.25) is 14.7 Å². The number of carbonyl (C=O) groups is 2. The van der Waals surface area contributed by atoms with Gasteiger partial charge in [-0.25, -0.2) is 4.98 Å². The molecule has 1 aromatic carbocycles. The van der Waals surface area contributed by atoms with Crippen LogP contribution in [-0.4, -0.2) is 34.0 Å². The number of nitrogens with one attached hydrogen (secondary N) is 2. The Morgan fingerprint density at radius 3 is 2.72 bits per heavy atom. The van der Waals surface area contributed by atoms with Gasteiger partial charge >= 0.3 is 0 Å². The molecule has 0 saturated heterocycles. The van der Waals surface area contributed by atoms with E-state index >= 15 is 0 Å². The third-order valence-corrected chi connectivity index (χ3v) is 4.35. The van der Waals surface area contributed by atoms with Crippen LogP contribution in [0.25, 0.3) is 10.7 Å². The van der Waals surface area contributed by atoms with Crippen molar-refractivity contribution in [2.24, 2.45) is 0 Å². The van der Waals surface area contributed by atoms with Gasteiger partial charge in [-0.15, -0.1) is 11.3 Å². The molecule has 0 bridgehead atoms. The molecule has 25 heavy (non-hydrogen) atoms. The number of amides is 2. The predicted octanol–water partition coefficient (Wildman–Crippen LogP) is 2.93. The molecule has 126 valence electrons. The molecule has 0 atom stereocenters. The molecular formula is C17H15N5O2S. The highest BCUT2D eigenvalue weighted by Gasteiger charge is 2.14. The fraction of sp³-hybridized carbons (Fsp3) is 0.0588. The average molecular weight is 353 g/mol. The number of carbonyl (C=O) groups excluding carboxylic acids is 2. The van der Waals surface area contributed by atoms with Crippen LogP contribution in [0.15, 0.2) is 54.7 Å². The van der Waals surface area contributed by atoms with E-state index in [2.05, 4.69) is 27.1 Å². The zero-order valence-corrected chi connectivity index (χ0v) is 14.2. The van der Waals surface area contributed by atoms with E-state index in [4.69, 9.17) is 0 Å². The van der Waals surface area contributed by atoms with Gasteiger partial charge in [0.15, 0.2) is 0 Å². The van der Waals surface area contributed by atoms with E-state index in [1.54, 1.807) is 43.7 Å². The van der Waals surface area contributed by atoms with E-state index < -0.39 is 0 Å². The van der Waals surface area contributed by atoms with Crippen molar-refractivity contribution in [2.45, 2.75) is 0 Å². The van der Waals surface area contributed by atoms with Gasteiger partial charge in [0.2, 0.25) is 5.91 Å². The number of anilines is 2. The smallest absolute Gasteiger partial charge is 0.255 e. The Hall–Kier alpha value is -3.26. The second-order valence-corrected chi connectivity index (χ2v) is 5.99. The zero-order valence-electron chi connectivity index (χ0n) is 13.4. The molecule has 0 saturated carbocycles. The zero-order chi connectivity index (χ0) is 17.8.